The van der Waals surface area contributed by atoms with Gasteiger partial charge in [0.05, 0.1) is 5.92 Å². The van der Waals surface area contributed by atoms with Crippen molar-refractivity contribution in [3.63, 3.8) is 0 Å². The molecule has 0 spiro atoms. The molecular formula is C12H13NO2. The fraction of sp³-hybridized carbons (Fsp3) is 0.500. The monoisotopic (exact) mass is 203 g/mol. The highest BCUT2D eigenvalue weighted by molar-refractivity contribution is 6.16. The summed E-state index contributed by atoms with van der Waals surface area (Å²) in [5, 5.41) is 0. The maximum absolute atomic E-state index is 12.0. The van der Waals surface area contributed by atoms with Crippen molar-refractivity contribution >= 4 is 11.8 Å². The fourth-order valence-corrected chi connectivity index (χ4v) is 3.19. The highest BCUT2D eigenvalue weighted by Gasteiger charge is 2.53. The standard InChI is InChI=1S/C12H13NO2/c1-2-5-13-11(14)9-7-3-4-8(6-7)10(9)12(13)15/h2,7,9H,1,3-6H2. The Balaban J connectivity index is 2.04. The van der Waals surface area contributed by atoms with Crippen LogP contribution in [0.3, 0.4) is 0 Å². The third kappa shape index (κ3) is 0.954. The molecule has 0 aromatic heterocycles. The van der Waals surface area contributed by atoms with Gasteiger partial charge in [-0.1, -0.05) is 11.6 Å². The van der Waals surface area contributed by atoms with Gasteiger partial charge in [0.15, 0.2) is 0 Å². The SMILES string of the molecule is C=CCN1C(=O)C2=C3CCC(C3)C2C1=O. The van der Waals surface area contributed by atoms with E-state index in [1.807, 2.05) is 0 Å². The average Bonchev–Trinajstić information content (AvgIpc) is 2.87. The molecule has 3 aliphatic rings. The van der Waals surface area contributed by atoms with Crippen LogP contribution in [0.1, 0.15) is 19.3 Å². The van der Waals surface area contributed by atoms with Gasteiger partial charge < -0.3 is 0 Å². The van der Waals surface area contributed by atoms with Crippen LogP contribution in [0, 0.1) is 11.8 Å². The van der Waals surface area contributed by atoms with Crippen LogP contribution in [0.2, 0.25) is 0 Å². The van der Waals surface area contributed by atoms with Crippen LogP contribution >= 0.6 is 0 Å². The first-order valence-corrected chi connectivity index (χ1v) is 5.42. The predicted molar refractivity (Wildman–Crippen MR) is 54.8 cm³/mol. The van der Waals surface area contributed by atoms with E-state index in [0.717, 1.165) is 24.8 Å². The molecule has 0 aromatic rings. The molecule has 1 heterocycles. The molecule has 3 heteroatoms. The van der Waals surface area contributed by atoms with Crippen molar-refractivity contribution in [2.45, 2.75) is 19.3 Å². The third-order valence-corrected chi connectivity index (χ3v) is 3.81. The van der Waals surface area contributed by atoms with E-state index in [1.54, 1.807) is 6.08 Å². The van der Waals surface area contributed by atoms with Crippen molar-refractivity contribution < 1.29 is 9.59 Å². The van der Waals surface area contributed by atoms with Crippen LogP contribution in [0.25, 0.3) is 0 Å². The molecule has 3 rings (SSSR count). The number of nitrogens with zero attached hydrogens (tertiary/aromatic N) is 1. The number of amides is 2. The van der Waals surface area contributed by atoms with Gasteiger partial charge in [0, 0.05) is 12.1 Å². The van der Waals surface area contributed by atoms with Gasteiger partial charge in [-0.25, -0.2) is 0 Å². The maximum atomic E-state index is 12.0. The summed E-state index contributed by atoms with van der Waals surface area (Å²) >= 11 is 0. The van der Waals surface area contributed by atoms with Gasteiger partial charge in [0.2, 0.25) is 5.91 Å². The largest absolute Gasteiger partial charge is 0.274 e. The number of rotatable bonds is 2. The fourth-order valence-electron chi connectivity index (χ4n) is 3.19. The van der Waals surface area contributed by atoms with E-state index in [2.05, 4.69) is 6.58 Å². The van der Waals surface area contributed by atoms with Gasteiger partial charge in [-0.05, 0) is 25.2 Å². The Morgan fingerprint density at radius 3 is 2.93 bits per heavy atom. The average molecular weight is 203 g/mol. The Hall–Kier alpha value is -1.38. The molecule has 1 saturated heterocycles. The normalized spacial score (nSPS) is 32.9. The zero-order valence-corrected chi connectivity index (χ0v) is 8.53. The Kier molecular flexibility index (Phi) is 1.67. The van der Waals surface area contributed by atoms with Gasteiger partial charge in [-0.2, -0.15) is 0 Å². The zero-order valence-electron chi connectivity index (χ0n) is 8.53. The lowest BCUT2D eigenvalue weighted by Crippen LogP contribution is -2.32. The van der Waals surface area contributed by atoms with Crippen LogP contribution in [0.15, 0.2) is 23.8 Å². The minimum absolute atomic E-state index is 0.00889. The Morgan fingerprint density at radius 2 is 2.27 bits per heavy atom. The molecule has 2 fully saturated rings. The highest BCUT2D eigenvalue weighted by Crippen LogP contribution is 2.52. The second-order valence-corrected chi connectivity index (χ2v) is 4.54. The summed E-state index contributed by atoms with van der Waals surface area (Å²) in [4.78, 5) is 25.3. The Labute approximate surface area is 88.4 Å². The summed E-state index contributed by atoms with van der Waals surface area (Å²) < 4.78 is 0. The van der Waals surface area contributed by atoms with E-state index >= 15 is 0 Å². The molecule has 0 N–H and O–H groups in total. The maximum Gasteiger partial charge on any atom is 0.257 e. The molecule has 2 aliphatic carbocycles. The molecule has 1 saturated carbocycles. The first-order valence-electron chi connectivity index (χ1n) is 5.42. The zero-order chi connectivity index (χ0) is 10.6. The second kappa shape index (κ2) is 2.81. The van der Waals surface area contributed by atoms with Gasteiger partial charge in [-0.15, -0.1) is 6.58 Å². The highest BCUT2D eigenvalue weighted by atomic mass is 16.2. The van der Waals surface area contributed by atoms with E-state index in [1.165, 1.54) is 10.5 Å². The lowest BCUT2D eigenvalue weighted by molar-refractivity contribution is -0.138. The smallest absolute Gasteiger partial charge is 0.257 e. The number of hydrogen-bond acceptors (Lipinski definition) is 2. The summed E-state index contributed by atoms with van der Waals surface area (Å²) in [5.41, 5.74) is 2.08. The Morgan fingerprint density at radius 1 is 1.47 bits per heavy atom. The van der Waals surface area contributed by atoms with Crippen molar-refractivity contribution in [2.75, 3.05) is 6.54 Å². The van der Waals surface area contributed by atoms with Crippen molar-refractivity contribution in [2.24, 2.45) is 11.8 Å². The van der Waals surface area contributed by atoms with E-state index in [0.29, 0.717) is 12.5 Å². The van der Waals surface area contributed by atoms with Gasteiger partial charge >= 0.3 is 0 Å². The summed E-state index contributed by atoms with van der Waals surface area (Å²) in [6.07, 6.45) is 4.71. The van der Waals surface area contributed by atoms with Crippen molar-refractivity contribution in [3.05, 3.63) is 23.8 Å². The molecule has 0 radical (unpaired) electrons. The number of carbonyl (C=O) groups excluding carboxylic acids is 2. The molecule has 0 aromatic carbocycles. The number of hydrogen-bond donors (Lipinski definition) is 0. The van der Waals surface area contributed by atoms with E-state index in [9.17, 15) is 9.59 Å². The molecule has 78 valence electrons. The first-order chi connectivity index (χ1) is 7.24. The lowest BCUT2D eigenvalue weighted by atomic mass is 9.88. The summed E-state index contributed by atoms with van der Waals surface area (Å²) in [6, 6.07) is 0. The lowest BCUT2D eigenvalue weighted by Gasteiger charge is -2.15. The van der Waals surface area contributed by atoms with E-state index in [-0.39, 0.29) is 17.7 Å². The van der Waals surface area contributed by atoms with Crippen LogP contribution < -0.4 is 0 Å². The number of likely N-dealkylation sites (tertiary alicyclic amines) is 1. The minimum atomic E-state index is -0.0961. The summed E-state index contributed by atoms with van der Waals surface area (Å²) in [7, 11) is 0. The molecule has 3 nitrogen and oxygen atoms in total. The molecule has 15 heavy (non-hydrogen) atoms. The number of fused-ring (bicyclic) bond motifs is 4. The molecule has 2 bridgehead atoms. The third-order valence-electron chi connectivity index (χ3n) is 3.81. The number of carbonyl (C=O) groups is 2. The van der Waals surface area contributed by atoms with Crippen LogP contribution in [-0.4, -0.2) is 23.3 Å². The van der Waals surface area contributed by atoms with E-state index < -0.39 is 0 Å². The van der Waals surface area contributed by atoms with Crippen LogP contribution in [0.5, 0.6) is 0 Å². The minimum Gasteiger partial charge on any atom is -0.274 e. The topological polar surface area (TPSA) is 37.4 Å². The quantitative estimate of drug-likeness (QED) is 0.500. The second-order valence-electron chi connectivity index (χ2n) is 4.54. The number of imide groups is 1. The summed E-state index contributed by atoms with van der Waals surface area (Å²) in [6.45, 7) is 3.94. The van der Waals surface area contributed by atoms with Crippen LogP contribution in [-0.2, 0) is 9.59 Å². The first kappa shape index (κ1) is 8.89. The van der Waals surface area contributed by atoms with Gasteiger partial charge in [-0.3, -0.25) is 14.5 Å². The van der Waals surface area contributed by atoms with Crippen LogP contribution in [0.4, 0.5) is 0 Å². The van der Waals surface area contributed by atoms with Gasteiger partial charge in [0.1, 0.15) is 0 Å². The molecule has 2 unspecified atom stereocenters. The Bertz CT molecular complexity index is 408. The van der Waals surface area contributed by atoms with Gasteiger partial charge in [0.25, 0.3) is 5.91 Å². The number of allylic oxidation sites excluding steroid dienone is 1. The van der Waals surface area contributed by atoms with Crippen molar-refractivity contribution in [1.82, 2.24) is 4.90 Å². The molecule has 2 amide bonds. The predicted octanol–water partition coefficient (Wildman–Crippen LogP) is 1.27. The molecule has 1 aliphatic heterocycles. The van der Waals surface area contributed by atoms with Crippen molar-refractivity contribution in [1.29, 1.82) is 0 Å². The summed E-state index contributed by atoms with van der Waals surface area (Å²) in [5.74, 6) is 0.277. The van der Waals surface area contributed by atoms with E-state index in [4.69, 9.17) is 0 Å². The molecule has 2 atom stereocenters. The van der Waals surface area contributed by atoms with Crippen molar-refractivity contribution in [3.8, 4) is 0 Å². The molecular weight excluding hydrogens is 190 g/mol.